The second-order valence-electron chi connectivity index (χ2n) is 6.94. The van der Waals surface area contributed by atoms with Gasteiger partial charge in [0.2, 0.25) is 5.91 Å². The number of carbonyl (C=O) groups is 1. The molecular formula is C18H24N2O3. The van der Waals surface area contributed by atoms with E-state index < -0.39 is 0 Å². The van der Waals surface area contributed by atoms with Gasteiger partial charge in [0.25, 0.3) is 0 Å². The number of aliphatic hydroxyl groups excluding tert-OH is 1. The number of hydrogen-bond donors (Lipinski definition) is 1. The number of nitrogens with zero attached hydrogens (tertiary/aromatic N) is 2. The Bertz CT molecular complexity index is 598. The molecule has 4 aliphatic heterocycles. The van der Waals surface area contributed by atoms with Crippen LogP contribution in [-0.2, 0) is 4.79 Å². The van der Waals surface area contributed by atoms with E-state index in [-0.39, 0.29) is 18.6 Å². The Kier molecular flexibility index (Phi) is 3.77. The molecule has 2 bridgehead atoms. The van der Waals surface area contributed by atoms with E-state index in [9.17, 15) is 9.90 Å². The molecule has 124 valence electrons. The van der Waals surface area contributed by atoms with E-state index in [0.717, 1.165) is 18.8 Å². The molecule has 5 nitrogen and oxygen atoms in total. The van der Waals surface area contributed by atoms with Gasteiger partial charge in [0, 0.05) is 18.5 Å². The van der Waals surface area contributed by atoms with E-state index in [1.165, 1.54) is 18.4 Å². The van der Waals surface area contributed by atoms with Gasteiger partial charge in [0.05, 0.1) is 13.2 Å². The summed E-state index contributed by atoms with van der Waals surface area (Å²) in [5.74, 6) is 1.62. The molecule has 4 aliphatic rings. The predicted octanol–water partition coefficient (Wildman–Crippen LogP) is 1.08. The number of rotatable bonds is 3. The summed E-state index contributed by atoms with van der Waals surface area (Å²) in [5, 5.41) is 9.37. The molecule has 1 amide bonds. The maximum Gasteiger partial charge on any atom is 0.248 e. The molecule has 4 heterocycles. The van der Waals surface area contributed by atoms with Crippen LogP contribution in [0.25, 0.3) is 0 Å². The largest absolute Gasteiger partial charge is 0.497 e. The quantitative estimate of drug-likeness (QED) is 0.906. The zero-order valence-corrected chi connectivity index (χ0v) is 13.5. The minimum Gasteiger partial charge on any atom is -0.497 e. The van der Waals surface area contributed by atoms with Crippen LogP contribution in [0.15, 0.2) is 24.3 Å². The first-order chi connectivity index (χ1) is 11.2. The van der Waals surface area contributed by atoms with Crippen LogP contribution in [0.2, 0.25) is 0 Å². The SMILES string of the molecule is COc1cccc([C@@H]2CN(C(=O)CO)[C@@H]3C4CCN(CC4)[C@@H]32)c1. The molecule has 0 radical (unpaired) electrons. The standard InChI is InChI=1S/C18H24N2O3/c1-23-14-4-2-3-13(9-14)15-10-20(16(22)11-21)17-12-5-7-19(8-6-12)18(15)17/h2-4,9,12,15,17-18,21H,5-8,10-11H2,1H3/t15-,17+,18+/m0/s1. The van der Waals surface area contributed by atoms with Gasteiger partial charge in [-0.15, -0.1) is 0 Å². The Labute approximate surface area is 136 Å². The molecule has 23 heavy (non-hydrogen) atoms. The number of benzene rings is 1. The van der Waals surface area contributed by atoms with Crippen molar-refractivity contribution in [2.24, 2.45) is 5.92 Å². The van der Waals surface area contributed by atoms with Crippen LogP contribution in [0.1, 0.15) is 24.3 Å². The van der Waals surface area contributed by atoms with Gasteiger partial charge in [-0.05, 0) is 49.5 Å². The number of fused-ring (bicyclic) bond motifs is 2. The van der Waals surface area contributed by atoms with Gasteiger partial charge < -0.3 is 14.7 Å². The summed E-state index contributed by atoms with van der Waals surface area (Å²) in [6, 6.07) is 8.85. The molecule has 0 spiro atoms. The van der Waals surface area contributed by atoms with Gasteiger partial charge in [-0.1, -0.05) is 12.1 Å². The molecule has 1 N–H and O–H groups in total. The van der Waals surface area contributed by atoms with Crippen molar-refractivity contribution in [3.8, 4) is 5.75 Å². The van der Waals surface area contributed by atoms with Gasteiger partial charge in [0.15, 0.2) is 0 Å². The van der Waals surface area contributed by atoms with Gasteiger partial charge in [-0.2, -0.15) is 0 Å². The summed E-state index contributed by atoms with van der Waals surface area (Å²) in [6.07, 6.45) is 2.34. The maximum absolute atomic E-state index is 12.3. The van der Waals surface area contributed by atoms with E-state index in [4.69, 9.17) is 4.74 Å². The van der Waals surface area contributed by atoms with Crippen LogP contribution in [0.4, 0.5) is 0 Å². The van der Waals surface area contributed by atoms with Crippen LogP contribution < -0.4 is 4.74 Å². The topological polar surface area (TPSA) is 53.0 Å². The van der Waals surface area contributed by atoms with Crippen molar-refractivity contribution < 1.29 is 14.6 Å². The van der Waals surface area contributed by atoms with Crippen LogP contribution in [0, 0.1) is 5.92 Å². The van der Waals surface area contributed by atoms with Crippen molar-refractivity contribution in [2.75, 3.05) is 33.4 Å². The minimum absolute atomic E-state index is 0.126. The summed E-state index contributed by atoms with van der Waals surface area (Å²) >= 11 is 0. The first-order valence-electron chi connectivity index (χ1n) is 8.51. The average Bonchev–Trinajstić information content (AvgIpc) is 3.05. The van der Waals surface area contributed by atoms with Crippen LogP contribution in [0.3, 0.4) is 0 Å². The number of carbonyl (C=O) groups excluding carboxylic acids is 1. The van der Waals surface area contributed by atoms with Crippen LogP contribution in [-0.4, -0.2) is 66.2 Å². The number of methoxy groups -OCH3 is 1. The summed E-state index contributed by atoms with van der Waals surface area (Å²) in [5.41, 5.74) is 1.24. The number of hydrogen-bond acceptors (Lipinski definition) is 4. The summed E-state index contributed by atoms with van der Waals surface area (Å²) in [7, 11) is 1.68. The smallest absolute Gasteiger partial charge is 0.248 e. The first-order valence-corrected chi connectivity index (χ1v) is 8.51. The third-order valence-electron chi connectivity index (χ3n) is 5.97. The van der Waals surface area contributed by atoms with Crippen molar-refractivity contribution >= 4 is 5.91 Å². The zero-order valence-electron chi connectivity index (χ0n) is 13.5. The Balaban J connectivity index is 1.71. The van der Waals surface area contributed by atoms with E-state index in [0.29, 0.717) is 24.4 Å². The van der Waals surface area contributed by atoms with Gasteiger partial charge in [0.1, 0.15) is 12.4 Å². The number of piperidine rings is 3. The van der Waals surface area contributed by atoms with E-state index in [2.05, 4.69) is 17.0 Å². The van der Waals surface area contributed by atoms with Crippen molar-refractivity contribution in [3.63, 3.8) is 0 Å². The fraction of sp³-hybridized carbons (Fsp3) is 0.611. The van der Waals surface area contributed by atoms with Crippen molar-refractivity contribution in [1.29, 1.82) is 0 Å². The molecule has 1 aromatic rings. The molecule has 0 saturated carbocycles. The molecule has 0 unspecified atom stereocenters. The molecule has 0 aliphatic carbocycles. The summed E-state index contributed by atoms with van der Waals surface area (Å²) in [6.45, 7) is 2.58. The number of likely N-dealkylation sites (tertiary alicyclic amines) is 1. The number of ether oxygens (including phenoxy) is 1. The van der Waals surface area contributed by atoms with E-state index >= 15 is 0 Å². The Morgan fingerprint density at radius 2 is 2.09 bits per heavy atom. The molecule has 4 fully saturated rings. The van der Waals surface area contributed by atoms with Crippen LogP contribution >= 0.6 is 0 Å². The van der Waals surface area contributed by atoms with Crippen molar-refractivity contribution in [1.82, 2.24) is 9.80 Å². The Morgan fingerprint density at radius 3 is 2.78 bits per heavy atom. The van der Waals surface area contributed by atoms with Crippen molar-refractivity contribution in [3.05, 3.63) is 29.8 Å². The van der Waals surface area contributed by atoms with E-state index in [1.54, 1.807) is 7.11 Å². The summed E-state index contributed by atoms with van der Waals surface area (Å²) < 4.78 is 5.37. The second-order valence-corrected chi connectivity index (χ2v) is 6.94. The van der Waals surface area contributed by atoms with Gasteiger partial charge in [-0.25, -0.2) is 0 Å². The third kappa shape index (κ3) is 2.34. The highest BCUT2D eigenvalue weighted by Crippen LogP contribution is 2.46. The molecule has 0 aromatic heterocycles. The highest BCUT2D eigenvalue weighted by Gasteiger charge is 2.54. The minimum atomic E-state index is -0.388. The number of aliphatic hydroxyl groups is 1. The summed E-state index contributed by atoms with van der Waals surface area (Å²) in [4.78, 5) is 16.8. The van der Waals surface area contributed by atoms with Gasteiger partial charge >= 0.3 is 0 Å². The fourth-order valence-electron chi connectivity index (χ4n) is 4.96. The maximum atomic E-state index is 12.3. The normalized spacial score (nSPS) is 35.2. The highest BCUT2D eigenvalue weighted by atomic mass is 16.5. The Hall–Kier alpha value is -1.59. The molecule has 1 aromatic carbocycles. The van der Waals surface area contributed by atoms with Crippen molar-refractivity contribution in [2.45, 2.75) is 30.8 Å². The predicted molar refractivity (Wildman–Crippen MR) is 86.4 cm³/mol. The lowest BCUT2D eigenvalue weighted by molar-refractivity contribution is -0.138. The highest BCUT2D eigenvalue weighted by molar-refractivity contribution is 5.78. The van der Waals surface area contributed by atoms with Gasteiger partial charge in [-0.3, -0.25) is 9.69 Å². The first kappa shape index (κ1) is 15.0. The molecular weight excluding hydrogens is 292 g/mol. The lowest BCUT2D eigenvalue weighted by Crippen LogP contribution is -2.61. The Morgan fingerprint density at radius 1 is 1.30 bits per heavy atom. The monoisotopic (exact) mass is 316 g/mol. The molecule has 4 saturated heterocycles. The lowest BCUT2D eigenvalue weighted by Gasteiger charge is -2.51. The van der Waals surface area contributed by atoms with Crippen LogP contribution in [0.5, 0.6) is 5.75 Å². The molecule has 5 heteroatoms. The second kappa shape index (κ2) is 5.80. The fourth-order valence-corrected chi connectivity index (χ4v) is 4.96. The molecule has 5 rings (SSSR count). The zero-order chi connectivity index (χ0) is 16.0. The van der Waals surface area contributed by atoms with E-state index in [1.807, 2.05) is 17.0 Å². The lowest BCUT2D eigenvalue weighted by atomic mass is 9.75. The third-order valence-corrected chi connectivity index (χ3v) is 5.97. The number of amides is 1. The average molecular weight is 316 g/mol. The molecule has 3 atom stereocenters.